The normalized spacial score (nSPS) is 12.0. The molecule has 3 heteroatoms. The number of phenolic OH excluding ortho intramolecular Hbond substituents is 1. The first-order chi connectivity index (χ1) is 7.49. The largest absolute Gasteiger partial charge is 0.507 e. The molecule has 0 radical (unpaired) electrons. The number of rotatable bonds is 2. The van der Waals surface area contributed by atoms with E-state index in [0.29, 0.717) is 11.7 Å². The molecule has 1 rings (SSSR count). The molecule has 0 fully saturated rings. The van der Waals surface area contributed by atoms with Crippen LogP contribution in [0.2, 0.25) is 0 Å². The number of hydrogen-bond donors (Lipinski definition) is 1. The van der Waals surface area contributed by atoms with Crippen LogP contribution in [0.15, 0.2) is 23.2 Å². The lowest BCUT2D eigenvalue weighted by molar-refractivity contribution is 0.461. The summed E-state index contributed by atoms with van der Waals surface area (Å²) in [6, 6.07) is 5.80. The van der Waals surface area contributed by atoms with Gasteiger partial charge in [0.2, 0.25) is 0 Å². The van der Waals surface area contributed by atoms with Crippen LogP contribution in [0, 0.1) is 0 Å². The van der Waals surface area contributed by atoms with Crippen LogP contribution >= 0.6 is 0 Å². The highest BCUT2D eigenvalue weighted by atomic mass is 16.3. The van der Waals surface area contributed by atoms with Crippen molar-refractivity contribution in [1.82, 2.24) is 4.90 Å². The van der Waals surface area contributed by atoms with E-state index in [1.54, 1.807) is 7.05 Å². The summed E-state index contributed by atoms with van der Waals surface area (Å²) in [5.74, 6) is 1.44. The van der Waals surface area contributed by atoms with Gasteiger partial charge >= 0.3 is 0 Å². The van der Waals surface area contributed by atoms with Crippen molar-refractivity contribution in [2.45, 2.75) is 19.8 Å². The third-order valence-corrected chi connectivity index (χ3v) is 2.57. The van der Waals surface area contributed by atoms with E-state index in [0.717, 1.165) is 17.0 Å². The minimum absolute atomic E-state index is 0.306. The van der Waals surface area contributed by atoms with Crippen LogP contribution in [0.5, 0.6) is 5.75 Å². The lowest BCUT2D eigenvalue weighted by Gasteiger charge is -2.18. The molecule has 0 unspecified atom stereocenters. The summed E-state index contributed by atoms with van der Waals surface area (Å²) in [7, 11) is 5.57. The van der Waals surface area contributed by atoms with E-state index in [1.807, 2.05) is 37.2 Å². The average Bonchev–Trinajstić information content (AvgIpc) is 2.20. The molecule has 3 nitrogen and oxygen atoms in total. The minimum Gasteiger partial charge on any atom is -0.507 e. The lowest BCUT2D eigenvalue weighted by atomic mass is 9.98. The van der Waals surface area contributed by atoms with Crippen LogP contribution in [-0.2, 0) is 0 Å². The number of para-hydroxylation sites is 1. The van der Waals surface area contributed by atoms with E-state index in [4.69, 9.17) is 0 Å². The molecule has 0 spiro atoms. The summed E-state index contributed by atoms with van der Waals surface area (Å²) >= 11 is 0. The third-order valence-electron chi connectivity index (χ3n) is 2.57. The van der Waals surface area contributed by atoms with Crippen LogP contribution in [0.4, 0.5) is 0 Å². The maximum atomic E-state index is 10.2. The Labute approximate surface area is 97.4 Å². The number of hydrogen-bond acceptors (Lipinski definition) is 2. The Balaban J connectivity index is 3.30. The first-order valence-corrected chi connectivity index (χ1v) is 5.45. The summed E-state index contributed by atoms with van der Waals surface area (Å²) in [4.78, 5) is 6.10. The minimum atomic E-state index is 0.306. The van der Waals surface area contributed by atoms with E-state index >= 15 is 0 Å². The van der Waals surface area contributed by atoms with Crippen LogP contribution in [0.25, 0.3) is 0 Å². The van der Waals surface area contributed by atoms with Gasteiger partial charge in [-0.15, -0.1) is 0 Å². The number of nitrogens with zero attached hydrogens (tertiary/aromatic N) is 2. The Morgan fingerprint density at radius 3 is 2.38 bits per heavy atom. The smallest absolute Gasteiger partial charge is 0.133 e. The summed E-state index contributed by atoms with van der Waals surface area (Å²) in [5.41, 5.74) is 1.75. The maximum absolute atomic E-state index is 10.2. The zero-order valence-electron chi connectivity index (χ0n) is 10.7. The van der Waals surface area contributed by atoms with Gasteiger partial charge in [0, 0.05) is 21.1 Å². The highest BCUT2D eigenvalue weighted by molar-refractivity contribution is 6.01. The van der Waals surface area contributed by atoms with Crippen molar-refractivity contribution in [3.8, 4) is 5.75 Å². The van der Waals surface area contributed by atoms with Gasteiger partial charge in [-0.05, 0) is 17.5 Å². The zero-order valence-corrected chi connectivity index (χ0v) is 10.7. The molecular formula is C13H20N2O. The summed E-state index contributed by atoms with van der Waals surface area (Å²) in [6.07, 6.45) is 0. The molecule has 0 saturated carbocycles. The fourth-order valence-corrected chi connectivity index (χ4v) is 1.77. The Hall–Kier alpha value is -1.51. The monoisotopic (exact) mass is 220 g/mol. The van der Waals surface area contributed by atoms with Gasteiger partial charge in [-0.25, -0.2) is 0 Å². The number of amidine groups is 1. The number of aliphatic imine (C=N–C) groups is 1. The molecule has 0 aliphatic carbocycles. The van der Waals surface area contributed by atoms with Gasteiger partial charge in [-0.3, -0.25) is 4.99 Å². The molecule has 0 aromatic heterocycles. The average molecular weight is 220 g/mol. The van der Waals surface area contributed by atoms with Gasteiger partial charge in [0.1, 0.15) is 11.6 Å². The Bertz CT molecular complexity index is 395. The second kappa shape index (κ2) is 5.01. The van der Waals surface area contributed by atoms with Gasteiger partial charge < -0.3 is 10.0 Å². The fourth-order valence-electron chi connectivity index (χ4n) is 1.77. The quantitative estimate of drug-likeness (QED) is 0.614. The number of aromatic hydroxyl groups is 1. The van der Waals surface area contributed by atoms with Crippen molar-refractivity contribution in [2.24, 2.45) is 4.99 Å². The van der Waals surface area contributed by atoms with Crippen LogP contribution in [-0.4, -0.2) is 37.0 Å². The Morgan fingerprint density at radius 1 is 1.31 bits per heavy atom. The van der Waals surface area contributed by atoms with E-state index in [9.17, 15) is 5.11 Å². The predicted molar refractivity (Wildman–Crippen MR) is 68.3 cm³/mol. The summed E-state index contributed by atoms with van der Waals surface area (Å²) < 4.78 is 0. The first kappa shape index (κ1) is 12.6. The molecule has 0 aliphatic heterocycles. The second-order valence-corrected chi connectivity index (χ2v) is 4.34. The zero-order chi connectivity index (χ0) is 12.3. The van der Waals surface area contributed by atoms with Crippen molar-refractivity contribution in [3.05, 3.63) is 29.3 Å². The molecule has 0 atom stereocenters. The van der Waals surface area contributed by atoms with Crippen LogP contribution in [0.3, 0.4) is 0 Å². The van der Waals surface area contributed by atoms with E-state index in [-0.39, 0.29) is 0 Å². The molecule has 0 amide bonds. The lowest BCUT2D eigenvalue weighted by Crippen LogP contribution is -2.23. The molecule has 1 N–H and O–H groups in total. The standard InChI is InChI=1S/C13H20N2O/c1-9(2)10-7-6-8-11(12(10)16)13(14-3)15(4)5/h6-9,16H,1-5H3/b14-13-. The molecular weight excluding hydrogens is 200 g/mol. The maximum Gasteiger partial charge on any atom is 0.133 e. The van der Waals surface area contributed by atoms with Gasteiger partial charge in [-0.1, -0.05) is 26.0 Å². The first-order valence-electron chi connectivity index (χ1n) is 5.45. The molecule has 0 aliphatic rings. The van der Waals surface area contributed by atoms with Crippen molar-refractivity contribution < 1.29 is 5.11 Å². The van der Waals surface area contributed by atoms with Gasteiger partial charge in [0.05, 0.1) is 5.56 Å². The topological polar surface area (TPSA) is 35.8 Å². The van der Waals surface area contributed by atoms with E-state index in [1.165, 1.54) is 0 Å². The van der Waals surface area contributed by atoms with Crippen molar-refractivity contribution in [3.63, 3.8) is 0 Å². The van der Waals surface area contributed by atoms with Crippen LogP contribution in [0.1, 0.15) is 30.9 Å². The number of benzene rings is 1. The van der Waals surface area contributed by atoms with Gasteiger partial charge in [-0.2, -0.15) is 0 Å². The predicted octanol–water partition coefficient (Wildman–Crippen LogP) is 2.45. The SMILES string of the molecule is C/N=C(/c1cccc(C(C)C)c1O)N(C)C. The summed E-state index contributed by atoms with van der Waals surface area (Å²) in [5, 5.41) is 10.2. The Morgan fingerprint density at radius 2 is 1.94 bits per heavy atom. The molecule has 1 aromatic carbocycles. The van der Waals surface area contributed by atoms with E-state index < -0.39 is 0 Å². The van der Waals surface area contributed by atoms with Gasteiger partial charge in [0.15, 0.2) is 0 Å². The molecule has 88 valence electrons. The molecule has 16 heavy (non-hydrogen) atoms. The van der Waals surface area contributed by atoms with Crippen molar-refractivity contribution >= 4 is 5.84 Å². The van der Waals surface area contributed by atoms with Crippen LogP contribution < -0.4 is 0 Å². The highest BCUT2D eigenvalue weighted by Gasteiger charge is 2.14. The Kier molecular flexibility index (Phi) is 3.93. The highest BCUT2D eigenvalue weighted by Crippen LogP contribution is 2.29. The van der Waals surface area contributed by atoms with Crippen molar-refractivity contribution in [1.29, 1.82) is 0 Å². The third kappa shape index (κ3) is 2.35. The molecule has 0 heterocycles. The molecule has 1 aromatic rings. The molecule has 0 saturated heterocycles. The fraction of sp³-hybridized carbons (Fsp3) is 0.462. The molecule has 0 bridgehead atoms. The van der Waals surface area contributed by atoms with E-state index in [2.05, 4.69) is 18.8 Å². The van der Waals surface area contributed by atoms with Crippen molar-refractivity contribution in [2.75, 3.05) is 21.1 Å². The number of phenols is 1. The summed E-state index contributed by atoms with van der Waals surface area (Å²) in [6.45, 7) is 4.13. The van der Waals surface area contributed by atoms with Gasteiger partial charge in [0.25, 0.3) is 0 Å². The second-order valence-electron chi connectivity index (χ2n) is 4.34.